The lowest BCUT2D eigenvalue weighted by molar-refractivity contribution is -0.151. The normalized spacial score (nSPS) is 28.7. The number of hydrogen-bond acceptors (Lipinski definition) is 3. The first-order valence-corrected chi connectivity index (χ1v) is 7.11. The Hall–Kier alpha value is -1.10. The molecule has 0 aromatic rings. The summed E-state index contributed by atoms with van der Waals surface area (Å²) < 4.78 is 0. The fourth-order valence-electron chi connectivity index (χ4n) is 2.50. The van der Waals surface area contributed by atoms with E-state index in [9.17, 15) is 14.7 Å². The van der Waals surface area contributed by atoms with Crippen LogP contribution in [0.25, 0.3) is 0 Å². The van der Waals surface area contributed by atoms with Gasteiger partial charge < -0.3 is 16.2 Å². The molecular weight excluding hydrogens is 244 g/mol. The van der Waals surface area contributed by atoms with Crippen LogP contribution in [0.15, 0.2) is 0 Å². The molecule has 1 fully saturated rings. The molecule has 5 heteroatoms. The highest BCUT2D eigenvalue weighted by atomic mass is 16.4. The molecule has 0 aromatic carbocycles. The molecule has 1 aliphatic carbocycles. The Kier molecular flexibility index (Phi) is 5.79. The predicted octanol–water partition coefficient (Wildman–Crippen LogP) is 1.51. The summed E-state index contributed by atoms with van der Waals surface area (Å²) in [5.74, 6) is -0.301. The summed E-state index contributed by atoms with van der Waals surface area (Å²) in [6.45, 7) is 4.24. The second-order valence-corrected chi connectivity index (χ2v) is 6.06. The van der Waals surface area contributed by atoms with E-state index in [2.05, 4.69) is 12.2 Å². The molecule has 1 aliphatic rings. The van der Waals surface area contributed by atoms with Crippen LogP contribution in [-0.2, 0) is 9.59 Å². The van der Waals surface area contributed by atoms with Gasteiger partial charge in [0.25, 0.3) is 0 Å². The van der Waals surface area contributed by atoms with Crippen LogP contribution in [0.2, 0.25) is 0 Å². The van der Waals surface area contributed by atoms with Crippen LogP contribution in [0, 0.1) is 11.3 Å². The summed E-state index contributed by atoms with van der Waals surface area (Å²) in [6, 6.07) is -0.00489. The minimum atomic E-state index is -0.785. The molecule has 0 aromatic heterocycles. The Bertz CT molecular complexity index is 321. The molecule has 0 spiro atoms. The highest BCUT2D eigenvalue weighted by Gasteiger charge is 2.41. The van der Waals surface area contributed by atoms with Crippen LogP contribution < -0.4 is 11.1 Å². The summed E-state index contributed by atoms with van der Waals surface area (Å²) >= 11 is 0. The van der Waals surface area contributed by atoms with Crippen molar-refractivity contribution in [1.29, 1.82) is 0 Å². The summed E-state index contributed by atoms with van der Waals surface area (Å²) in [4.78, 5) is 23.2. The molecule has 0 bridgehead atoms. The zero-order valence-electron chi connectivity index (χ0n) is 11.9. The number of carbonyl (C=O) groups excluding carboxylic acids is 1. The summed E-state index contributed by atoms with van der Waals surface area (Å²) in [5.41, 5.74) is 4.83. The van der Waals surface area contributed by atoms with Gasteiger partial charge in [-0.15, -0.1) is 0 Å². The standard InChI is InChI=1S/C14H26N2O3/c1-10-5-7-14(8-6-10,13(18)19)9-16-12(17)4-3-11(2)15/h10-11H,3-9,15H2,1-2H3,(H,16,17)(H,18,19). The van der Waals surface area contributed by atoms with E-state index in [0.29, 0.717) is 31.6 Å². The second-order valence-electron chi connectivity index (χ2n) is 6.06. The SMILES string of the molecule is CC(N)CCC(=O)NCC1(C(=O)O)CCC(C)CC1. The summed E-state index contributed by atoms with van der Waals surface area (Å²) in [7, 11) is 0. The first-order valence-electron chi connectivity index (χ1n) is 7.11. The number of amides is 1. The number of nitrogens with two attached hydrogens (primary N) is 1. The topological polar surface area (TPSA) is 92.4 Å². The number of hydrogen-bond donors (Lipinski definition) is 3. The van der Waals surface area contributed by atoms with Gasteiger partial charge >= 0.3 is 5.97 Å². The molecule has 4 N–H and O–H groups in total. The van der Waals surface area contributed by atoms with Gasteiger partial charge in [-0.3, -0.25) is 9.59 Å². The van der Waals surface area contributed by atoms with Crippen molar-refractivity contribution in [2.75, 3.05) is 6.54 Å². The molecule has 19 heavy (non-hydrogen) atoms. The Morgan fingerprint density at radius 2 is 2.00 bits per heavy atom. The maximum atomic E-state index is 11.7. The fraction of sp³-hybridized carbons (Fsp3) is 0.857. The van der Waals surface area contributed by atoms with Crippen molar-refractivity contribution in [1.82, 2.24) is 5.32 Å². The number of aliphatic carboxylic acids is 1. The van der Waals surface area contributed by atoms with Gasteiger partial charge in [-0.25, -0.2) is 0 Å². The lowest BCUT2D eigenvalue weighted by Gasteiger charge is -2.35. The molecule has 0 heterocycles. The Morgan fingerprint density at radius 3 is 2.47 bits per heavy atom. The predicted molar refractivity (Wildman–Crippen MR) is 73.6 cm³/mol. The number of nitrogens with one attached hydrogen (secondary N) is 1. The first-order chi connectivity index (χ1) is 8.85. The second kappa shape index (κ2) is 6.89. The van der Waals surface area contributed by atoms with Crippen LogP contribution in [0.4, 0.5) is 0 Å². The highest BCUT2D eigenvalue weighted by molar-refractivity contribution is 5.79. The van der Waals surface area contributed by atoms with Gasteiger partial charge in [0.2, 0.25) is 5.91 Å². The van der Waals surface area contributed by atoms with Gasteiger partial charge in [-0.2, -0.15) is 0 Å². The molecule has 1 unspecified atom stereocenters. The molecule has 1 saturated carbocycles. The monoisotopic (exact) mass is 270 g/mol. The Labute approximate surface area is 114 Å². The zero-order valence-corrected chi connectivity index (χ0v) is 11.9. The molecule has 0 aliphatic heterocycles. The van der Waals surface area contributed by atoms with E-state index in [4.69, 9.17) is 5.73 Å². The maximum Gasteiger partial charge on any atom is 0.311 e. The molecule has 1 atom stereocenters. The largest absolute Gasteiger partial charge is 0.481 e. The van der Waals surface area contributed by atoms with Crippen molar-refractivity contribution in [3.05, 3.63) is 0 Å². The Balaban J connectivity index is 2.46. The van der Waals surface area contributed by atoms with E-state index >= 15 is 0 Å². The van der Waals surface area contributed by atoms with E-state index in [0.717, 1.165) is 12.8 Å². The van der Waals surface area contributed by atoms with Crippen molar-refractivity contribution in [2.24, 2.45) is 17.1 Å². The lowest BCUT2D eigenvalue weighted by atomic mass is 9.71. The molecule has 110 valence electrons. The van der Waals surface area contributed by atoms with Crippen molar-refractivity contribution >= 4 is 11.9 Å². The van der Waals surface area contributed by atoms with E-state index in [1.54, 1.807) is 0 Å². The third-order valence-corrected chi connectivity index (χ3v) is 4.14. The van der Waals surface area contributed by atoms with Gasteiger partial charge in [0.05, 0.1) is 5.41 Å². The van der Waals surface area contributed by atoms with E-state index in [1.807, 2.05) is 6.92 Å². The lowest BCUT2D eigenvalue weighted by Crippen LogP contribution is -2.45. The number of rotatable bonds is 6. The van der Waals surface area contributed by atoms with Crippen molar-refractivity contribution in [3.63, 3.8) is 0 Å². The number of carboxylic acids is 1. The third-order valence-electron chi connectivity index (χ3n) is 4.14. The van der Waals surface area contributed by atoms with Crippen LogP contribution in [0.3, 0.4) is 0 Å². The molecule has 0 saturated heterocycles. The first kappa shape index (κ1) is 16.0. The molecule has 1 rings (SSSR count). The summed E-state index contributed by atoms with van der Waals surface area (Å²) in [6.07, 6.45) is 4.13. The fourth-order valence-corrected chi connectivity index (χ4v) is 2.50. The molecular formula is C14H26N2O3. The van der Waals surface area contributed by atoms with E-state index in [-0.39, 0.29) is 18.5 Å². The number of carbonyl (C=O) groups is 2. The van der Waals surface area contributed by atoms with Gasteiger partial charge in [-0.05, 0) is 44.9 Å². The smallest absolute Gasteiger partial charge is 0.311 e. The van der Waals surface area contributed by atoms with Crippen molar-refractivity contribution < 1.29 is 14.7 Å². The van der Waals surface area contributed by atoms with Crippen LogP contribution in [0.1, 0.15) is 52.4 Å². The van der Waals surface area contributed by atoms with Gasteiger partial charge in [0.1, 0.15) is 0 Å². The average molecular weight is 270 g/mol. The minimum absolute atomic E-state index is 0.00489. The molecule has 1 amide bonds. The quantitative estimate of drug-likeness (QED) is 0.682. The average Bonchev–Trinajstić information content (AvgIpc) is 2.35. The Morgan fingerprint density at radius 1 is 1.42 bits per heavy atom. The third kappa shape index (κ3) is 4.82. The van der Waals surface area contributed by atoms with E-state index < -0.39 is 11.4 Å². The molecule has 5 nitrogen and oxygen atoms in total. The van der Waals surface area contributed by atoms with E-state index in [1.165, 1.54) is 0 Å². The summed E-state index contributed by atoms with van der Waals surface area (Å²) in [5, 5.41) is 12.2. The van der Waals surface area contributed by atoms with Crippen LogP contribution in [0.5, 0.6) is 0 Å². The van der Waals surface area contributed by atoms with Gasteiger partial charge in [0.15, 0.2) is 0 Å². The zero-order chi connectivity index (χ0) is 14.5. The maximum absolute atomic E-state index is 11.7. The van der Waals surface area contributed by atoms with Crippen molar-refractivity contribution in [3.8, 4) is 0 Å². The number of carboxylic acid groups (broad SMARTS) is 1. The van der Waals surface area contributed by atoms with Gasteiger partial charge in [-0.1, -0.05) is 6.92 Å². The van der Waals surface area contributed by atoms with Crippen LogP contribution in [-0.4, -0.2) is 29.6 Å². The molecule has 0 radical (unpaired) electrons. The minimum Gasteiger partial charge on any atom is -0.481 e. The van der Waals surface area contributed by atoms with Crippen molar-refractivity contribution in [2.45, 2.75) is 58.4 Å². The van der Waals surface area contributed by atoms with Crippen LogP contribution >= 0.6 is 0 Å². The highest BCUT2D eigenvalue weighted by Crippen LogP contribution is 2.38. The van der Waals surface area contributed by atoms with Gasteiger partial charge in [0, 0.05) is 19.0 Å².